The van der Waals surface area contributed by atoms with Gasteiger partial charge in [-0.25, -0.2) is 4.98 Å². The van der Waals surface area contributed by atoms with E-state index in [4.69, 9.17) is 0 Å². The molecule has 0 spiro atoms. The summed E-state index contributed by atoms with van der Waals surface area (Å²) in [5.41, 5.74) is 2.14. The molecule has 3 nitrogen and oxygen atoms in total. The quantitative estimate of drug-likeness (QED) is 0.779. The van der Waals surface area contributed by atoms with Crippen molar-refractivity contribution in [3.63, 3.8) is 0 Å². The molecule has 0 atom stereocenters. The lowest BCUT2D eigenvalue weighted by Crippen LogP contribution is -1.74. The van der Waals surface area contributed by atoms with E-state index in [0.29, 0.717) is 0 Å². The summed E-state index contributed by atoms with van der Waals surface area (Å²) >= 11 is 0. The lowest BCUT2D eigenvalue weighted by Gasteiger charge is -1.89. The first-order valence-corrected chi connectivity index (χ1v) is 4.44. The average molecular weight is 185 g/mol. The van der Waals surface area contributed by atoms with Crippen molar-refractivity contribution in [1.82, 2.24) is 15.0 Å². The van der Waals surface area contributed by atoms with Gasteiger partial charge >= 0.3 is 0 Å². The monoisotopic (exact) mass is 185 g/mol. The standard InChI is InChI=1S/C11H11N3/c1-9-13-8-11(14-9)3-2-10-4-6-12-7-5-10/h2-8H,1H3,(H,13,14). The van der Waals surface area contributed by atoms with Gasteiger partial charge in [-0.15, -0.1) is 0 Å². The molecule has 0 bridgehead atoms. The molecule has 2 heterocycles. The normalized spacial score (nSPS) is 10.9. The fraction of sp³-hybridized carbons (Fsp3) is 0.0909. The second-order valence-corrected chi connectivity index (χ2v) is 3.04. The molecule has 0 aliphatic rings. The van der Waals surface area contributed by atoms with Crippen molar-refractivity contribution in [1.29, 1.82) is 0 Å². The third-order valence-corrected chi connectivity index (χ3v) is 1.88. The third-order valence-electron chi connectivity index (χ3n) is 1.88. The molecule has 70 valence electrons. The van der Waals surface area contributed by atoms with Crippen molar-refractivity contribution in [3.8, 4) is 0 Å². The number of rotatable bonds is 2. The highest BCUT2D eigenvalue weighted by atomic mass is 14.9. The number of aromatic amines is 1. The van der Waals surface area contributed by atoms with Crippen molar-refractivity contribution in [3.05, 3.63) is 47.8 Å². The minimum absolute atomic E-state index is 0.930. The fourth-order valence-corrected chi connectivity index (χ4v) is 1.19. The lowest BCUT2D eigenvalue weighted by molar-refractivity contribution is 1.15. The Bertz CT molecular complexity index is 429. The molecule has 1 N–H and O–H groups in total. The Morgan fingerprint density at radius 3 is 2.64 bits per heavy atom. The molecule has 3 heteroatoms. The Morgan fingerprint density at radius 2 is 2.00 bits per heavy atom. The number of hydrogen-bond donors (Lipinski definition) is 1. The zero-order chi connectivity index (χ0) is 9.80. The number of pyridine rings is 1. The van der Waals surface area contributed by atoms with E-state index in [1.807, 2.05) is 37.4 Å². The molecule has 0 saturated heterocycles. The van der Waals surface area contributed by atoms with Crippen LogP contribution in [-0.2, 0) is 0 Å². The predicted octanol–water partition coefficient (Wildman–Crippen LogP) is 2.28. The van der Waals surface area contributed by atoms with Crippen LogP contribution in [0.5, 0.6) is 0 Å². The fourth-order valence-electron chi connectivity index (χ4n) is 1.19. The lowest BCUT2D eigenvalue weighted by atomic mass is 10.2. The molecule has 0 aliphatic heterocycles. The molecule has 0 fully saturated rings. The van der Waals surface area contributed by atoms with Gasteiger partial charge in [-0.2, -0.15) is 0 Å². The van der Waals surface area contributed by atoms with E-state index in [2.05, 4.69) is 15.0 Å². The van der Waals surface area contributed by atoms with Gasteiger partial charge in [-0.1, -0.05) is 6.08 Å². The second-order valence-electron chi connectivity index (χ2n) is 3.04. The summed E-state index contributed by atoms with van der Waals surface area (Å²) in [6.07, 6.45) is 9.38. The first kappa shape index (κ1) is 8.69. The van der Waals surface area contributed by atoms with Gasteiger partial charge in [-0.05, 0) is 30.7 Å². The Hall–Kier alpha value is -1.90. The molecular formula is C11H11N3. The van der Waals surface area contributed by atoms with Crippen molar-refractivity contribution in [2.45, 2.75) is 6.92 Å². The number of nitrogens with zero attached hydrogens (tertiary/aromatic N) is 2. The van der Waals surface area contributed by atoms with Crippen molar-refractivity contribution in [2.75, 3.05) is 0 Å². The zero-order valence-corrected chi connectivity index (χ0v) is 7.94. The van der Waals surface area contributed by atoms with Crippen molar-refractivity contribution >= 4 is 12.2 Å². The van der Waals surface area contributed by atoms with Gasteiger partial charge in [0.2, 0.25) is 0 Å². The molecule has 0 radical (unpaired) electrons. The summed E-state index contributed by atoms with van der Waals surface area (Å²) in [7, 11) is 0. The summed E-state index contributed by atoms with van der Waals surface area (Å²) < 4.78 is 0. The summed E-state index contributed by atoms with van der Waals surface area (Å²) in [6, 6.07) is 3.92. The van der Waals surface area contributed by atoms with Crippen LogP contribution in [0.15, 0.2) is 30.7 Å². The topological polar surface area (TPSA) is 41.6 Å². The molecule has 0 unspecified atom stereocenters. The number of imidazole rings is 1. The van der Waals surface area contributed by atoms with E-state index in [9.17, 15) is 0 Å². The molecule has 2 rings (SSSR count). The van der Waals surface area contributed by atoms with Crippen LogP contribution in [0, 0.1) is 6.92 Å². The number of H-pyrrole nitrogens is 1. The summed E-state index contributed by atoms with van der Waals surface area (Å²) in [5.74, 6) is 0.930. The largest absolute Gasteiger partial charge is 0.343 e. The minimum Gasteiger partial charge on any atom is -0.343 e. The average Bonchev–Trinajstić information content (AvgIpc) is 2.63. The van der Waals surface area contributed by atoms with Gasteiger partial charge in [0.25, 0.3) is 0 Å². The van der Waals surface area contributed by atoms with Gasteiger partial charge in [-0.3, -0.25) is 4.98 Å². The van der Waals surface area contributed by atoms with E-state index >= 15 is 0 Å². The van der Waals surface area contributed by atoms with E-state index in [0.717, 1.165) is 17.1 Å². The minimum atomic E-state index is 0.930. The molecule has 2 aromatic heterocycles. The first-order valence-electron chi connectivity index (χ1n) is 4.44. The Morgan fingerprint density at radius 1 is 1.21 bits per heavy atom. The van der Waals surface area contributed by atoms with Crippen LogP contribution in [0.2, 0.25) is 0 Å². The maximum atomic E-state index is 4.11. The zero-order valence-electron chi connectivity index (χ0n) is 7.94. The highest BCUT2D eigenvalue weighted by Gasteiger charge is 1.90. The maximum absolute atomic E-state index is 4.11. The van der Waals surface area contributed by atoms with Gasteiger partial charge in [0.15, 0.2) is 0 Å². The Kier molecular flexibility index (Phi) is 2.40. The van der Waals surface area contributed by atoms with E-state index < -0.39 is 0 Å². The predicted molar refractivity (Wildman–Crippen MR) is 56.5 cm³/mol. The van der Waals surface area contributed by atoms with Crippen LogP contribution < -0.4 is 0 Å². The number of aryl methyl sites for hydroxylation is 1. The van der Waals surface area contributed by atoms with E-state index in [1.165, 1.54) is 0 Å². The van der Waals surface area contributed by atoms with Gasteiger partial charge in [0, 0.05) is 12.4 Å². The number of aromatic nitrogens is 3. The summed E-state index contributed by atoms with van der Waals surface area (Å²) in [6.45, 7) is 1.93. The van der Waals surface area contributed by atoms with Crippen LogP contribution >= 0.6 is 0 Å². The molecule has 0 saturated carbocycles. The smallest absolute Gasteiger partial charge is 0.103 e. The number of hydrogen-bond acceptors (Lipinski definition) is 2. The molecule has 14 heavy (non-hydrogen) atoms. The van der Waals surface area contributed by atoms with Crippen LogP contribution in [0.3, 0.4) is 0 Å². The number of nitrogens with one attached hydrogen (secondary N) is 1. The van der Waals surface area contributed by atoms with E-state index in [1.54, 1.807) is 12.4 Å². The SMILES string of the molecule is Cc1ncc(C=Cc2ccncc2)[nH]1. The van der Waals surface area contributed by atoms with Gasteiger partial charge in [0.1, 0.15) is 5.82 Å². The van der Waals surface area contributed by atoms with Gasteiger partial charge in [0.05, 0.1) is 11.9 Å². The summed E-state index contributed by atoms with van der Waals surface area (Å²) in [4.78, 5) is 11.2. The summed E-state index contributed by atoms with van der Waals surface area (Å²) in [5, 5.41) is 0. The van der Waals surface area contributed by atoms with Crippen LogP contribution in [0.25, 0.3) is 12.2 Å². The molecule has 2 aromatic rings. The van der Waals surface area contributed by atoms with Crippen LogP contribution in [-0.4, -0.2) is 15.0 Å². The maximum Gasteiger partial charge on any atom is 0.103 e. The van der Waals surface area contributed by atoms with E-state index in [-0.39, 0.29) is 0 Å². The van der Waals surface area contributed by atoms with Crippen LogP contribution in [0.1, 0.15) is 17.1 Å². The Balaban J connectivity index is 2.15. The van der Waals surface area contributed by atoms with Crippen LogP contribution in [0.4, 0.5) is 0 Å². The third kappa shape index (κ3) is 2.07. The molecular weight excluding hydrogens is 174 g/mol. The first-order chi connectivity index (χ1) is 6.84. The highest BCUT2D eigenvalue weighted by molar-refractivity contribution is 5.67. The molecule has 0 aromatic carbocycles. The Labute approximate surface area is 82.5 Å². The highest BCUT2D eigenvalue weighted by Crippen LogP contribution is 2.04. The van der Waals surface area contributed by atoms with Gasteiger partial charge < -0.3 is 4.98 Å². The van der Waals surface area contributed by atoms with Crippen molar-refractivity contribution < 1.29 is 0 Å². The molecule has 0 amide bonds. The second kappa shape index (κ2) is 3.87. The molecule has 0 aliphatic carbocycles. The van der Waals surface area contributed by atoms with Crippen molar-refractivity contribution in [2.24, 2.45) is 0 Å².